The van der Waals surface area contributed by atoms with E-state index in [1.165, 1.54) is 38.6 Å². The lowest BCUT2D eigenvalue weighted by Crippen LogP contribution is -2.49. The van der Waals surface area contributed by atoms with Crippen molar-refractivity contribution < 1.29 is 4.74 Å². The smallest absolute Gasteiger partial charge is 0.0700 e. The van der Waals surface area contributed by atoms with Crippen LogP contribution in [0.1, 0.15) is 39.0 Å². The van der Waals surface area contributed by atoms with Crippen molar-refractivity contribution in [3.8, 4) is 0 Å². The van der Waals surface area contributed by atoms with Gasteiger partial charge in [0.2, 0.25) is 0 Å². The molecule has 2 heteroatoms. The predicted octanol–water partition coefficient (Wildman–Crippen LogP) is 2.04. The van der Waals surface area contributed by atoms with Crippen LogP contribution < -0.4 is 0 Å². The zero-order chi connectivity index (χ0) is 9.54. The molecule has 80 valence electrons. The predicted molar refractivity (Wildman–Crippen MR) is 56.3 cm³/mol. The Morgan fingerprint density at radius 1 is 1.36 bits per heavy atom. The Hall–Kier alpha value is -0.0800. The SMILES string of the molecule is CC[C@@H]1CN2[C@H](CO1)C[C@@H]1CCC[C@@H]12. The summed E-state index contributed by atoms with van der Waals surface area (Å²) in [5.41, 5.74) is 0. The van der Waals surface area contributed by atoms with Gasteiger partial charge in [-0.25, -0.2) is 0 Å². The zero-order valence-corrected chi connectivity index (χ0v) is 9.11. The van der Waals surface area contributed by atoms with Crippen LogP contribution in [0.4, 0.5) is 0 Å². The summed E-state index contributed by atoms with van der Waals surface area (Å²) in [6.07, 6.45) is 7.52. The van der Waals surface area contributed by atoms with Gasteiger partial charge in [0.25, 0.3) is 0 Å². The molecule has 0 aromatic heterocycles. The molecule has 3 aliphatic rings. The molecule has 0 radical (unpaired) electrons. The Bertz CT molecular complexity index is 218. The molecule has 0 bridgehead atoms. The molecule has 1 saturated carbocycles. The summed E-state index contributed by atoms with van der Waals surface area (Å²) < 4.78 is 5.86. The van der Waals surface area contributed by atoms with Crippen molar-refractivity contribution in [1.29, 1.82) is 0 Å². The first-order valence-corrected chi connectivity index (χ1v) is 6.26. The van der Waals surface area contributed by atoms with Crippen molar-refractivity contribution in [2.75, 3.05) is 13.2 Å². The lowest BCUT2D eigenvalue weighted by Gasteiger charge is -2.37. The van der Waals surface area contributed by atoms with Crippen molar-refractivity contribution in [2.45, 2.75) is 57.2 Å². The third-order valence-electron chi connectivity index (χ3n) is 4.48. The topological polar surface area (TPSA) is 12.5 Å². The quantitative estimate of drug-likeness (QED) is 0.635. The summed E-state index contributed by atoms with van der Waals surface area (Å²) in [4.78, 5) is 2.77. The third-order valence-corrected chi connectivity index (χ3v) is 4.48. The van der Waals surface area contributed by atoms with Gasteiger partial charge in [-0.2, -0.15) is 0 Å². The Kier molecular flexibility index (Phi) is 2.29. The van der Waals surface area contributed by atoms with Crippen molar-refractivity contribution in [1.82, 2.24) is 4.90 Å². The van der Waals surface area contributed by atoms with Crippen LogP contribution in [0, 0.1) is 5.92 Å². The molecule has 0 N–H and O–H groups in total. The molecule has 14 heavy (non-hydrogen) atoms. The van der Waals surface area contributed by atoms with Gasteiger partial charge in [-0.15, -0.1) is 0 Å². The van der Waals surface area contributed by atoms with Gasteiger partial charge in [-0.3, -0.25) is 4.90 Å². The number of hydrogen-bond donors (Lipinski definition) is 0. The highest BCUT2D eigenvalue weighted by atomic mass is 16.5. The van der Waals surface area contributed by atoms with E-state index in [9.17, 15) is 0 Å². The fourth-order valence-electron chi connectivity index (χ4n) is 3.71. The second-order valence-corrected chi connectivity index (χ2v) is 5.21. The molecule has 2 saturated heterocycles. The van der Waals surface area contributed by atoms with Gasteiger partial charge in [-0.1, -0.05) is 13.3 Å². The first-order valence-electron chi connectivity index (χ1n) is 6.26. The fourth-order valence-corrected chi connectivity index (χ4v) is 3.71. The lowest BCUT2D eigenvalue weighted by molar-refractivity contribution is -0.0611. The van der Waals surface area contributed by atoms with E-state index in [1.807, 2.05) is 0 Å². The highest BCUT2D eigenvalue weighted by Crippen LogP contribution is 2.42. The Morgan fingerprint density at radius 3 is 3.14 bits per heavy atom. The molecule has 0 aromatic rings. The molecule has 3 rings (SSSR count). The second-order valence-electron chi connectivity index (χ2n) is 5.21. The average molecular weight is 195 g/mol. The minimum atomic E-state index is 0.519. The Labute approximate surface area is 86.6 Å². The Balaban J connectivity index is 1.72. The second kappa shape index (κ2) is 3.49. The van der Waals surface area contributed by atoms with E-state index in [0.717, 1.165) is 24.6 Å². The fraction of sp³-hybridized carbons (Fsp3) is 1.00. The van der Waals surface area contributed by atoms with Crippen molar-refractivity contribution in [3.05, 3.63) is 0 Å². The van der Waals surface area contributed by atoms with Gasteiger partial charge in [-0.05, 0) is 31.6 Å². The van der Waals surface area contributed by atoms with E-state index in [4.69, 9.17) is 4.74 Å². The minimum Gasteiger partial charge on any atom is -0.375 e. The van der Waals surface area contributed by atoms with Gasteiger partial charge in [0.15, 0.2) is 0 Å². The van der Waals surface area contributed by atoms with Crippen LogP contribution in [0.3, 0.4) is 0 Å². The molecule has 2 aliphatic heterocycles. The van der Waals surface area contributed by atoms with Crippen LogP contribution in [-0.2, 0) is 4.74 Å². The maximum Gasteiger partial charge on any atom is 0.0700 e. The summed E-state index contributed by atoms with van der Waals surface area (Å²) in [7, 11) is 0. The van der Waals surface area contributed by atoms with Crippen LogP contribution in [0.5, 0.6) is 0 Å². The van der Waals surface area contributed by atoms with E-state index < -0.39 is 0 Å². The minimum absolute atomic E-state index is 0.519. The standard InChI is InChI=1S/C12H21NO/c1-2-11-7-13-10(8-14-11)6-9-4-3-5-12(9)13/h9-12H,2-8H2,1H3/t9-,10-,11+,12-/m0/s1. The number of nitrogens with zero attached hydrogens (tertiary/aromatic N) is 1. The molecule has 1 aliphatic carbocycles. The first kappa shape index (κ1) is 9.17. The molecule has 0 amide bonds. The normalized spacial score (nSPS) is 47.8. The van der Waals surface area contributed by atoms with Gasteiger partial charge >= 0.3 is 0 Å². The summed E-state index contributed by atoms with van der Waals surface area (Å²) in [6, 6.07) is 1.70. The van der Waals surface area contributed by atoms with Crippen molar-refractivity contribution >= 4 is 0 Å². The molecule has 3 fully saturated rings. The summed E-state index contributed by atoms with van der Waals surface area (Å²) >= 11 is 0. The number of rotatable bonds is 1. The first-order chi connectivity index (χ1) is 6.88. The van der Waals surface area contributed by atoms with E-state index in [2.05, 4.69) is 11.8 Å². The van der Waals surface area contributed by atoms with E-state index in [0.29, 0.717) is 6.10 Å². The van der Waals surface area contributed by atoms with Gasteiger partial charge in [0.05, 0.1) is 12.7 Å². The molecular formula is C12H21NO. The molecule has 4 atom stereocenters. The number of ether oxygens (including phenoxy) is 1. The van der Waals surface area contributed by atoms with Crippen LogP contribution in [0.2, 0.25) is 0 Å². The van der Waals surface area contributed by atoms with E-state index in [1.54, 1.807) is 0 Å². The highest BCUT2D eigenvalue weighted by molar-refractivity contribution is 4.99. The Morgan fingerprint density at radius 2 is 2.29 bits per heavy atom. The maximum atomic E-state index is 5.86. The van der Waals surface area contributed by atoms with Crippen LogP contribution in [0.15, 0.2) is 0 Å². The van der Waals surface area contributed by atoms with Crippen LogP contribution in [0.25, 0.3) is 0 Å². The largest absolute Gasteiger partial charge is 0.375 e. The summed E-state index contributed by atoms with van der Waals surface area (Å²) in [5.74, 6) is 1.01. The van der Waals surface area contributed by atoms with Crippen molar-refractivity contribution in [3.63, 3.8) is 0 Å². The molecule has 0 spiro atoms. The third kappa shape index (κ3) is 1.31. The zero-order valence-electron chi connectivity index (χ0n) is 9.11. The van der Waals surface area contributed by atoms with E-state index in [-0.39, 0.29) is 0 Å². The van der Waals surface area contributed by atoms with Crippen LogP contribution >= 0.6 is 0 Å². The molecule has 2 nitrogen and oxygen atoms in total. The summed E-state index contributed by atoms with van der Waals surface area (Å²) in [5, 5.41) is 0. The van der Waals surface area contributed by atoms with Crippen LogP contribution in [-0.4, -0.2) is 36.2 Å². The summed E-state index contributed by atoms with van der Waals surface area (Å²) in [6.45, 7) is 4.46. The maximum absolute atomic E-state index is 5.86. The number of fused-ring (bicyclic) bond motifs is 3. The number of morpholine rings is 1. The molecule has 0 unspecified atom stereocenters. The molecule has 2 heterocycles. The van der Waals surface area contributed by atoms with Gasteiger partial charge in [0, 0.05) is 18.6 Å². The van der Waals surface area contributed by atoms with Crippen molar-refractivity contribution in [2.24, 2.45) is 5.92 Å². The highest BCUT2D eigenvalue weighted by Gasteiger charge is 2.45. The monoisotopic (exact) mass is 195 g/mol. The van der Waals surface area contributed by atoms with Gasteiger partial charge < -0.3 is 4.74 Å². The molecule has 0 aromatic carbocycles. The van der Waals surface area contributed by atoms with Gasteiger partial charge in [0.1, 0.15) is 0 Å². The molecular weight excluding hydrogens is 174 g/mol. The van der Waals surface area contributed by atoms with E-state index >= 15 is 0 Å². The average Bonchev–Trinajstić information content (AvgIpc) is 2.76. The lowest BCUT2D eigenvalue weighted by atomic mass is 10.0. The number of hydrogen-bond acceptors (Lipinski definition) is 2.